The first-order valence-electron chi connectivity index (χ1n) is 4.14. The Balaban J connectivity index is 2.61. The Labute approximate surface area is 93.2 Å². The van der Waals surface area contributed by atoms with Crippen LogP contribution in [-0.2, 0) is 0 Å². The van der Waals surface area contributed by atoms with Crippen LogP contribution in [0.15, 0.2) is 0 Å². The van der Waals surface area contributed by atoms with Gasteiger partial charge in [0.25, 0.3) is 0 Å². The lowest BCUT2D eigenvalue weighted by molar-refractivity contribution is -0.198. The average Bonchev–Trinajstić information content (AvgIpc) is 2.54. The Morgan fingerprint density at radius 1 is 1.62 bits per heavy atom. The molecule has 0 radical (unpaired) electrons. The van der Waals surface area contributed by atoms with Crippen LogP contribution in [0.3, 0.4) is 0 Å². The molecule has 1 aromatic heterocycles. The molecule has 1 heterocycles. The molecule has 0 aliphatic rings. The van der Waals surface area contributed by atoms with Crippen LogP contribution >= 0.6 is 11.5 Å². The molecule has 0 saturated heterocycles. The Morgan fingerprint density at radius 2 is 2.25 bits per heavy atom. The van der Waals surface area contributed by atoms with E-state index in [0.717, 1.165) is 11.5 Å². The van der Waals surface area contributed by atoms with E-state index in [9.17, 15) is 13.2 Å². The van der Waals surface area contributed by atoms with Gasteiger partial charge < -0.3 is 20.9 Å². The predicted octanol–water partition coefficient (Wildman–Crippen LogP) is 1.07. The largest absolute Gasteiger partial charge is 0.490 e. The van der Waals surface area contributed by atoms with Crippen LogP contribution in [0.25, 0.3) is 0 Å². The highest BCUT2D eigenvalue weighted by molar-refractivity contribution is 7.11. The number of alkyl halides is 3. The number of nitrogens with one attached hydrogen (secondary N) is 1. The number of aliphatic hydroxyl groups is 1. The number of nitrogens with zero attached hydrogens (tertiary/aromatic N) is 1. The summed E-state index contributed by atoms with van der Waals surface area (Å²) in [7, 11) is 1.32. The number of hydrogen-bond donors (Lipinski definition) is 3. The van der Waals surface area contributed by atoms with Crippen molar-refractivity contribution >= 4 is 22.4 Å². The molecule has 9 heteroatoms. The van der Waals surface area contributed by atoms with Crippen molar-refractivity contribution in [3.63, 3.8) is 0 Å². The molecule has 1 atom stereocenters. The molecule has 0 aliphatic carbocycles. The molecule has 0 bridgehead atoms. The number of aliphatic hydroxyl groups excluding tert-OH is 1. The third kappa shape index (κ3) is 2.89. The zero-order valence-corrected chi connectivity index (χ0v) is 9.02. The van der Waals surface area contributed by atoms with E-state index in [-0.39, 0.29) is 16.6 Å². The second-order valence-electron chi connectivity index (χ2n) is 2.87. The molecule has 0 aliphatic heterocycles. The van der Waals surface area contributed by atoms with E-state index in [1.54, 1.807) is 0 Å². The molecular formula is C7H10F3N3O2S. The summed E-state index contributed by atoms with van der Waals surface area (Å²) in [6.07, 6.45) is -7.10. The van der Waals surface area contributed by atoms with Crippen LogP contribution in [0.1, 0.15) is 0 Å². The lowest BCUT2D eigenvalue weighted by atomic mass is 10.3. The fraction of sp³-hybridized carbons (Fsp3) is 0.571. The molecule has 0 saturated carbocycles. The fourth-order valence-corrected chi connectivity index (χ4v) is 1.60. The second-order valence-corrected chi connectivity index (χ2v) is 3.64. The summed E-state index contributed by atoms with van der Waals surface area (Å²) in [5, 5.41) is 11.4. The van der Waals surface area contributed by atoms with Gasteiger partial charge in [0.2, 0.25) is 0 Å². The summed E-state index contributed by atoms with van der Waals surface area (Å²) < 4.78 is 44.5. The summed E-state index contributed by atoms with van der Waals surface area (Å²) in [5.41, 5.74) is 5.39. The number of rotatable bonds is 4. The molecule has 0 amide bonds. The van der Waals surface area contributed by atoms with E-state index in [4.69, 9.17) is 15.6 Å². The van der Waals surface area contributed by atoms with Crippen molar-refractivity contribution < 1.29 is 23.0 Å². The number of hydrogen-bond acceptors (Lipinski definition) is 6. The van der Waals surface area contributed by atoms with Crippen molar-refractivity contribution in [3.8, 4) is 5.75 Å². The maximum absolute atomic E-state index is 12.0. The van der Waals surface area contributed by atoms with Crippen molar-refractivity contribution in [3.05, 3.63) is 0 Å². The van der Waals surface area contributed by atoms with E-state index in [1.165, 1.54) is 7.11 Å². The predicted molar refractivity (Wildman–Crippen MR) is 53.6 cm³/mol. The fourth-order valence-electron chi connectivity index (χ4n) is 0.909. The third-order valence-electron chi connectivity index (χ3n) is 1.71. The molecule has 0 aromatic carbocycles. The Morgan fingerprint density at radius 3 is 2.75 bits per heavy atom. The van der Waals surface area contributed by atoms with Crippen molar-refractivity contribution in [1.82, 2.24) is 4.37 Å². The van der Waals surface area contributed by atoms with Gasteiger partial charge in [-0.05, 0) is 11.5 Å². The van der Waals surface area contributed by atoms with Crippen molar-refractivity contribution in [1.29, 1.82) is 0 Å². The van der Waals surface area contributed by atoms with Crippen LogP contribution in [0.2, 0.25) is 0 Å². The SMILES string of the molecule is COc1c(N)nsc1NCC(O)C(F)(F)F. The zero-order valence-electron chi connectivity index (χ0n) is 8.21. The number of nitrogens with two attached hydrogens (primary N) is 1. The van der Waals surface area contributed by atoms with Gasteiger partial charge in [0.05, 0.1) is 13.7 Å². The van der Waals surface area contributed by atoms with Gasteiger partial charge in [-0.1, -0.05) is 0 Å². The maximum Gasteiger partial charge on any atom is 0.416 e. The monoisotopic (exact) mass is 257 g/mol. The lowest BCUT2D eigenvalue weighted by Gasteiger charge is -2.15. The van der Waals surface area contributed by atoms with Gasteiger partial charge in [-0.2, -0.15) is 17.5 Å². The van der Waals surface area contributed by atoms with E-state index in [0.29, 0.717) is 0 Å². The summed E-state index contributed by atoms with van der Waals surface area (Å²) in [5.74, 6) is 0.274. The summed E-state index contributed by atoms with van der Waals surface area (Å²) >= 11 is 0.864. The number of aromatic nitrogens is 1. The first-order valence-corrected chi connectivity index (χ1v) is 4.91. The van der Waals surface area contributed by atoms with Crippen LogP contribution < -0.4 is 15.8 Å². The van der Waals surface area contributed by atoms with Crippen LogP contribution in [0, 0.1) is 0 Å². The van der Waals surface area contributed by atoms with Crippen LogP contribution in [0.4, 0.5) is 24.0 Å². The zero-order chi connectivity index (χ0) is 12.3. The summed E-state index contributed by atoms with van der Waals surface area (Å²) in [6.45, 7) is -0.679. The standard InChI is InChI=1S/C7H10F3N3O2S/c1-15-4-5(11)13-16-6(4)12-2-3(14)7(8,9)10/h3,12,14H,2H2,1H3,(H2,11,13). The van der Waals surface area contributed by atoms with Crippen molar-refractivity contribution in [2.24, 2.45) is 0 Å². The highest BCUT2D eigenvalue weighted by Crippen LogP contribution is 2.34. The molecule has 92 valence electrons. The number of methoxy groups -OCH3 is 1. The lowest BCUT2D eigenvalue weighted by Crippen LogP contribution is -2.34. The third-order valence-corrected chi connectivity index (χ3v) is 2.51. The van der Waals surface area contributed by atoms with Gasteiger partial charge in [0, 0.05) is 0 Å². The molecule has 1 aromatic rings. The number of nitrogen functional groups attached to an aromatic ring is 1. The quantitative estimate of drug-likeness (QED) is 0.751. The molecule has 4 N–H and O–H groups in total. The van der Waals surface area contributed by atoms with E-state index >= 15 is 0 Å². The van der Waals surface area contributed by atoms with Gasteiger partial charge >= 0.3 is 6.18 Å². The first kappa shape index (κ1) is 12.8. The first-order chi connectivity index (χ1) is 7.36. The smallest absolute Gasteiger partial charge is 0.416 e. The highest BCUT2D eigenvalue weighted by atomic mass is 32.1. The van der Waals surface area contributed by atoms with E-state index in [2.05, 4.69) is 9.69 Å². The summed E-state index contributed by atoms with van der Waals surface area (Å²) in [6, 6.07) is 0. The Kier molecular flexibility index (Phi) is 3.81. The average molecular weight is 257 g/mol. The Bertz CT molecular complexity index is 355. The van der Waals surface area contributed by atoms with Gasteiger partial charge in [0.1, 0.15) is 0 Å². The molecular weight excluding hydrogens is 247 g/mol. The maximum atomic E-state index is 12.0. The van der Waals surface area contributed by atoms with Crippen molar-refractivity contribution in [2.45, 2.75) is 12.3 Å². The van der Waals surface area contributed by atoms with Gasteiger partial charge in [-0.25, -0.2) is 0 Å². The van der Waals surface area contributed by atoms with Gasteiger partial charge in [0.15, 0.2) is 22.7 Å². The van der Waals surface area contributed by atoms with Gasteiger partial charge in [-0.3, -0.25) is 0 Å². The molecule has 1 unspecified atom stereocenters. The number of ether oxygens (including phenoxy) is 1. The topological polar surface area (TPSA) is 80.4 Å². The Hall–Kier alpha value is -1.22. The minimum absolute atomic E-state index is 0.0940. The molecule has 0 spiro atoms. The minimum atomic E-state index is -4.66. The number of anilines is 2. The van der Waals surface area contributed by atoms with E-state index < -0.39 is 18.8 Å². The molecule has 5 nitrogen and oxygen atoms in total. The van der Waals surface area contributed by atoms with Crippen molar-refractivity contribution in [2.75, 3.05) is 24.7 Å². The highest BCUT2D eigenvalue weighted by Gasteiger charge is 2.38. The summed E-state index contributed by atoms with van der Waals surface area (Å²) in [4.78, 5) is 0. The number of halogens is 3. The molecule has 16 heavy (non-hydrogen) atoms. The van der Waals surface area contributed by atoms with E-state index in [1.807, 2.05) is 0 Å². The minimum Gasteiger partial charge on any atom is -0.490 e. The molecule has 0 fully saturated rings. The van der Waals surface area contributed by atoms with Crippen LogP contribution in [0.5, 0.6) is 5.75 Å². The van der Waals surface area contributed by atoms with Crippen LogP contribution in [-0.4, -0.2) is 35.4 Å². The second kappa shape index (κ2) is 4.74. The van der Waals surface area contributed by atoms with Gasteiger partial charge in [-0.15, -0.1) is 0 Å². The normalized spacial score (nSPS) is 13.6. The molecule has 1 rings (SSSR count).